The molecule has 0 atom stereocenters. The smallest absolute Gasteiger partial charge is 0.260 e. The molecule has 4 rings (SSSR count). The zero-order chi connectivity index (χ0) is 19.6. The van der Waals surface area contributed by atoms with E-state index in [2.05, 4.69) is 15.5 Å². The fourth-order valence-corrected chi connectivity index (χ4v) is 3.48. The summed E-state index contributed by atoms with van der Waals surface area (Å²) in [5.74, 6) is 1.33. The minimum absolute atomic E-state index is 0.235. The maximum Gasteiger partial charge on any atom is 0.260 e. The third-order valence-electron chi connectivity index (χ3n) is 5.13. The number of rotatable bonds is 5. The summed E-state index contributed by atoms with van der Waals surface area (Å²) < 4.78 is 10.6. The second kappa shape index (κ2) is 7.44. The zero-order valence-corrected chi connectivity index (χ0v) is 15.6. The number of nitrogens with one attached hydrogen (secondary N) is 1. The van der Waals surface area contributed by atoms with Crippen LogP contribution in [-0.4, -0.2) is 23.2 Å². The summed E-state index contributed by atoms with van der Waals surface area (Å²) in [6, 6.07) is 14.2. The number of nitrogens with two attached hydrogens (primary N) is 1. The molecular weight excluding hydrogens is 356 g/mol. The molecule has 0 spiro atoms. The highest BCUT2D eigenvalue weighted by atomic mass is 16.5. The topological polar surface area (TPSA) is 103 Å². The zero-order valence-electron chi connectivity index (χ0n) is 15.6. The van der Waals surface area contributed by atoms with Crippen LogP contribution in [0, 0.1) is 0 Å². The van der Waals surface area contributed by atoms with Crippen molar-refractivity contribution in [1.82, 2.24) is 10.1 Å². The van der Waals surface area contributed by atoms with Crippen molar-refractivity contribution in [2.75, 3.05) is 12.4 Å². The molecule has 7 nitrogen and oxygen atoms in total. The van der Waals surface area contributed by atoms with Gasteiger partial charge in [0.15, 0.2) is 5.82 Å². The molecule has 28 heavy (non-hydrogen) atoms. The fraction of sp³-hybridized carbons (Fsp3) is 0.286. The van der Waals surface area contributed by atoms with Crippen LogP contribution in [0.1, 0.15) is 41.9 Å². The summed E-state index contributed by atoms with van der Waals surface area (Å²) in [5, 5.41) is 7.02. The number of amides is 1. The first kappa shape index (κ1) is 18.2. The van der Waals surface area contributed by atoms with Crippen LogP contribution >= 0.6 is 0 Å². The first-order valence-corrected chi connectivity index (χ1v) is 9.27. The van der Waals surface area contributed by atoms with E-state index in [1.54, 1.807) is 37.4 Å². The Morgan fingerprint density at radius 3 is 2.57 bits per heavy atom. The average molecular weight is 378 g/mol. The van der Waals surface area contributed by atoms with Gasteiger partial charge in [-0.2, -0.15) is 4.98 Å². The van der Waals surface area contributed by atoms with Crippen molar-refractivity contribution in [3.63, 3.8) is 0 Å². The lowest BCUT2D eigenvalue weighted by molar-refractivity contribution is 0.102. The minimum atomic E-state index is -0.525. The summed E-state index contributed by atoms with van der Waals surface area (Å²) >= 11 is 0. The van der Waals surface area contributed by atoms with Gasteiger partial charge in [-0.25, -0.2) is 0 Å². The predicted molar refractivity (Wildman–Crippen MR) is 105 cm³/mol. The molecule has 1 saturated carbocycles. The number of hydrogen-bond acceptors (Lipinski definition) is 6. The van der Waals surface area contributed by atoms with Crippen LogP contribution in [0.5, 0.6) is 5.75 Å². The van der Waals surface area contributed by atoms with Gasteiger partial charge in [0.25, 0.3) is 11.8 Å². The second-order valence-electron chi connectivity index (χ2n) is 7.01. The van der Waals surface area contributed by atoms with E-state index in [1.165, 1.54) is 0 Å². The van der Waals surface area contributed by atoms with Crippen molar-refractivity contribution in [3.05, 3.63) is 59.9 Å². The van der Waals surface area contributed by atoms with E-state index < -0.39 is 5.54 Å². The van der Waals surface area contributed by atoms with Gasteiger partial charge in [-0.3, -0.25) is 4.79 Å². The van der Waals surface area contributed by atoms with Crippen molar-refractivity contribution in [2.45, 2.75) is 31.2 Å². The van der Waals surface area contributed by atoms with E-state index in [1.807, 2.05) is 18.2 Å². The van der Waals surface area contributed by atoms with E-state index in [9.17, 15) is 4.79 Å². The highest BCUT2D eigenvalue weighted by Gasteiger charge is 2.36. The van der Waals surface area contributed by atoms with Crippen molar-refractivity contribution < 1.29 is 14.1 Å². The van der Waals surface area contributed by atoms with E-state index in [4.69, 9.17) is 15.0 Å². The van der Waals surface area contributed by atoms with Gasteiger partial charge in [0.05, 0.1) is 23.9 Å². The van der Waals surface area contributed by atoms with Gasteiger partial charge in [-0.15, -0.1) is 0 Å². The molecule has 7 heteroatoms. The summed E-state index contributed by atoms with van der Waals surface area (Å²) in [5.41, 5.74) is 7.67. The van der Waals surface area contributed by atoms with Gasteiger partial charge in [0.2, 0.25) is 0 Å². The summed E-state index contributed by atoms with van der Waals surface area (Å²) in [6.07, 6.45) is 3.83. The number of hydrogen-bond donors (Lipinski definition) is 2. The van der Waals surface area contributed by atoms with E-state index in [0.717, 1.165) is 25.7 Å². The third kappa shape index (κ3) is 3.48. The number of carbonyl (C=O) groups is 1. The number of benzene rings is 2. The molecule has 1 aromatic heterocycles. The molecule has 1 aliphatic rings. The number of carbonyl (C=O) groups excluding carboxylic acids is 1. The summed E-state index contributed by atoms with van der Waals surface area (Å²) in [6.45, 7) is 0. The Hall–Kier alpha value is -3.19. The molecule has 3 aromatic rings. The molecule has 0 bridgehead atoms. The number of para-hydroxylation sites is 1. The summed E-state index contributed by atoms with van der Waals surface area (Å²) in [4.78, 5) is 17.2. The minimum Gasteiger partial charge on any atom is -0.497 e. The highest BCUT2D eigenvalue weighted by Crippen LogP contribution is 2.36. The lowest BCUT2D eigenvalue weighted by atomic mass is 9.98. The van der Waals surface area contributed by atoms with Crippen LogP contribution < -0.4 is 15.8 Å². The Balaban J connectivity index is 1.58. The molecule has 3 N–H and O–H groups in total. The van der Waals surface area contributed by atoms with Crippen molar-refractivity contribution in [3.8, 4) is 17.2 Å². The Labute approximate surface area is 162 Å². The standard InChI is InChI=1S/C21H22N4O3/c1-27-15-10-8-14(9-11-15)18(26)23-17-7-3-2-6-16(17)19-24-20(25-28-19)21(22)12-4-5-13-21/h2-3,6-11H,4-5,12-13,22H2,1H3,(H,23,26). The first-order chi connectivity index (χ1) is 13.6. The Morgan fingerprint density at radius 2 is 1.86 bits per heavy atom. The molecule has 0 saturated heterocycles. The molecule has 0 radical (unpaired) electrons. The predicted octanol–water partition coefficient (Wildman–Crippen LogP) is 3.73. The van der Waals surface area contributed by atoms with Crippen LogP contribution in [-0.2, 0) is 5.54 Å². The third-order valence-corrected chi connectivity index (χ3v) is 5.13. The lowest BCUT2D eigenvalue weighted by Crippen LogP contribution is -2.34. The highest BCUT2D eigenvalue weighted by molar-refractivity contribution is 6.06. The maximum atomic E-state index is 12.6. The molecule has 144 valence electrons. The molecule has 1 fully saturated rings. The van der Waals surface area contributed by atoms with Gasteiger partial charge in [-0.05, 0) is 49.2 Å². The van der Waals surface area contributed by atoms with Crippen LogP contribution in [0.4, 0.5) is 5.69 Å². The number of ether oxygens (including phenoxy) is 1. The van der Waals surface area contributed by atoms with Gasteiger partial charge in [-0.1, -0.05) is 30.1 Å². The van der Waals surface area contributed by atoms with E-state index >= 15 is 0 Å². The van der Waals surface area contributed by atoms with Crippen LogP contribution in [0.15, 0.2) is 53.1 Å². The molecule has 2 aromatic carbocycles. The fourth-order valence-electron chi connectivity index (χ4n) is 3.48. The number of anilines is 1. The normalized spacial score (nSPS) is 15.4. The van der Waals surface area contributed by atoms with Gasteiger partial charge in [0, 0.05) is 5.56 Å². The maximum absolute atomic E-state index is 12.6. The molecule has 0 aliphatic heterocycles. The molecule has 1 aliphatic carbocycles. The first-order valence-electron chi connectivity index (χ1n) is 9.27. The molecule has 1 heterocycles. The van der Waals surface area contributed by atoms with Crippen molar-refractivity contribution in [2.24, 2.45) is 5.73 Å². The van der Waals surface area contributed by atoms with Crippen LogP contribution in [0.3, 0.4) is 0 Å². The Kier molecular flexibility index (Phi) is 4.83. The van der Waals surface area contributed by atoms with Crippen LogP contribution in [0.25, 0.3) is 11.5 Å². The molecule has 1 amide bonds. The second-order valence-corrected chi connectivity index (χ2v) is 7.01. The van der Waals surface area contributed by atoms with E-state index in [-0.39, 0.29) is 5.91 Å². The average Bonchev–Trinajstić information content (AvgIpc) is 3.39. The number of nitrogens with zero attached hydrogens (tertiary/aromatic N) is 2. The summed E-state index contributed by atoms with van der Waals surface area (Å²) in [7, 11) is 1.58. The van der Waals surface area contributed by atoms with Gasteiger partial charge in [0.1, 0.15) is 5.75 Å². The van der Waals surface area contributed by atoms with Crippen molar-refractivity contribution >= 4 is 11.6 Å². The Morgan fingerprint density at radius 1 is 1.14 bits per heavy atom. The largest absolute Gasteiger partial charge is 0.497 e. The molecule has 0 unspecified atom stereocenters. The molecular formula is C21H22N4O3. The Bertz CT molecular complexity index is 975. The quantitative estimate of drug-likeness (QED) is 0.701. The van der Waals surface area contributed by atoms with E-state index in [0.29, 0.717) is 34.3 Å². The monoisotopic (exact) mass is 378 g/mol. The SMILES string of the molecule is COc1ccc(C(=O)Nc2ccccc2-c2nc(C3(N)CCCC3)no2)cc1. The number of methoxy groups -OCH3 is 1. The van der Waals surface area contributed by atoms with Crippen LogP contribution in [0.2, 0.25) is 0 Å². The van der Waals surface area contributed by atoms with Crippen molar-refractivity contribution in [1.29, 1.82) is 0 Å². The number of aromatic nitrogens is 2. The lowest BCUT2D eigenvalue weighted by Gasteiger charge is -2.17. The van der Waals surface area contributed by atoms with Gasteiger partial charge >= 0.3 is 0 Å². The van der Waals surface area contributed by atoms with Gasteiger partial charge < -0.3 is 20.3 Å².